The highest BCUT2D eigenvalue weighted by Gasteiger charge is 2.31. The van der Waals surface area contributed by atoms with E-state index in [2.05, 4.69) is 15.5 Å². The topological polar surface area (TPSA) is 57.8 Å². The zero-order valence-electron chi connectivity index (χ0n) is 13.5. The predicted molar refractivity (Wildman–Crippen MR) is 95.3 cm³/mol. The van der Waals surface area contributed by atoms with Crippen LogP contribution in [0.2, 0.25) is 5.02 Å². The van der Waals surface area contributed by atoms with Gasteiger partial charge < -0.3 is 5.32 Å². The summed E-state index contributed by atoms with van der Waals surface area (Å²) in [5.74, 6) is -1.93. The van der Waals surface area contributed by atoms with Gasteiger partial charge in [0.1, 0.15) is 17.3 Å². The van der Waals surface area contributed by atoms with Crippen molar-refractivity contribution in [2.24, 2.45) is 0 Å². The van der Waals surface area contributed by atoms with Gasteiger partial charge in [0, 0.05) is 28.1 Å². The number of H-pyrrole nitrogens is 1. The lowest BCUT2D eigenvalue weighted by Crippen LogP contribution is -2.14. The molecule has 0 spiro atoms. The quantitative estimate of drug-likeness (QED) is 0.665. The maximum atomic E-state index is 13.4. The molecule has 1 aliphatic carbocycles. The summed E-state index contributed by atoms with van der Waals surface area (Å²) in [5.41, 5.74) is 2.51. The van der Waals surface area contributed by atoms with Gasteiger partial charge in [-0.15, -0.1) is 0 Å². The molecule has 2 aromatic carbocycles. The lowest BCUT2D eigenvalue weighted by atomic mass is 10.1. The minimum absolute atomic E-state index is 0.0949. The number of anilines is 1. The lowest BCUT2D eigenvalue weighted by Gasteiger charge is -2.09. The van der Waals surface area contributed by atoms with E-state index in [0.717, 1.165) is 42.3 Å². The molecule has 0 atom stereocenters. The molecule has 4 rings (SSSR count). The van der Waals surface area contributed by atoms with Crippen molar-refractivity contribution in [3.63, 3.8) is 0 Å². The number of hydrogen-bond donors (Lipinski definition) is 2. The normalized spacial score (nSPS) is 13.7. The second-order valence-electron chi connectivity index (χ2n) is 6.26. The highest BCUT2D eigenvalue weighted by atomic mass is 35.5. The third kappa shape index (κ3) is 3.32. The van der Waals surface area contributed by atoms with Crippen LogP contribution in [0.15, 0.2) is 42.5 Å². The number of carbonyl (C=O) groups is 1. The number of benzene rings is 2. The van der Waals surface area contributed by atoms with Crippen molar-refractivity contribution in [1.29, 1.82) is 0 Å². The van der Waals surface area contributed by atoms with E-state index in [-0.39, 0.29) is 11.5 Å². The molecule has 1 amide bonds. The maximum absolute atomic E-state index is 13.4. The van der Waals surface area contributed by atoms with E-state index in [0.29, 0.717) is 16.4 Å². The summed E-state index contributed by atoms with van der Waals surface area (Å²) in [6.45, 7) is 0. The van der Waals surface area contributed by atoms with Gasteiger partial charge in [-0.3, -0.25) is 9.89 Å². The Bertz CT molecular complexity index is 978. The molecule has 1 aliphatic rings. The number of rotatable bonds is 4. The molecule has 7 heteroatoms. The molecule has 132 valence electrons. The summed E-state index contributed by atoms with van der Waals surface area (Å²) in [4.78, 5) is 12.6. The number of nitrogens with one attached hydrogen (secondary N) is 2. The molecule has 0 aliphatic heterocycles. The maximum Gasteiger partial charge on any atom is 0.255 e. The first-order chi connectivity index (χ1) is 12.5. The Hall–Kier alpha value is -2.73. The molecule has 4 nitrogen and oxygen atoms in total. The van der Waals surface area contributed by atoms with Crippen LogP contribution < -0.4 is 5.32 Å². The Balaban J connectivity index is 1.73. The first-order valence-electron chi connectivity index (χ1n) is 8.13. The number of hydrogen-bond acceptors (Lipinski definition) is 2. The van der Waals surface area contributed by atoms with Crippen LogP contribution >= 0.6 is 11.6 Å². The highest BCUT2D eigenvalue weighted by Crippen LogP contribution is 2.45. The number of halogens is 3. The number of carbonyl (C=O) groups excluding carboxylic acids is 1. The molecule has 0 radical (unpaired) electrons. The fraction of sp³-hybridized carbons (Fsp3) is 0.158. The summed E-state index contributed by atoms with van der Waals surface area (Å²) in [7, 11) is 0. The van der Waals surface area contributed by atoms with E-state index in [9.17, 15) is 13.6 Å². The van der Waals surface area contributed by atoms with E-state index in [1.807, 2.05) is 6.07 Å². The van der Waals surface area contributed by atoms with Crippen LogP contribution in [0.4, 0.5) is 14.5 Å². The molecule has 2 N–H and O–H groups in total. The SMILES string of the molecule is O=C(Nc1c(-c2cccc(Cl)c2)n[nH]c1C1CC1)c1cc(F)cc(F)c1. The molecule has 0 unspecified atom stereocenters. The van der Waals surface area contributed by atoms with Crippen LogP contribution in [0.25, 0.3) is 11.3 Å². The second-order valence-corrected chi connectivity index (χ2v) is 6.69. The van der Waals surface area contributed by atoms with Gasteiger partial charge in [0.2, 0.25) is 0 Å². The monoisotopic (exact) mass is 373 g/mol. The van der Waals surface area contributed by atoms with Crippen molar-refractivity contribution in [2.45, 2.75) is 18.8 Å². The zero-order chi connectivity index (χ0) is 18.3. The number of aromatic amines is 1. The molecule has 1 saturated carbocycles. The van der Waals surface area contributed by atoms with Gasteiger partial charge in [0.15, 0.2) is 0 Å². The van der Waals surface area contributed by atoms with Crippen molar-refractivity contribution >= 4 is 23.2 Å². The lowest BCUT2D eigenvalue weighted by molar-refractivity contribution is 0.102. The first kappa shape index (κ1) is 16.7. The van der Waals surface area contributed by atoms with Gasteiger partial charge in [-0.05, 0) is 37.1 Å². The summed E-state index contributed by atoms with van der Waals surface area (Å²) >= 11 is 6.06. The number of aromatic nitrogens is 2. The van der Waals surface area contributed by atoms with E-state index < -0.39 is 17.5 Å². The van der Waals surface area contributed by atoms with Gasteiger partial charge in [-0.1, -0.05) is 23.7 Å². The largest absolute Gasteiger partial charge is 0.319 e. The fourth-order valence-electron chi connectivity index (χ4n) is 2.86. The molecule has 26 heavy (non-hydrogen) atoms. The van der Waals surface area contributed by atoms with Crippen LogP contribution in [-0.4, -0.2) is 16.1 Å². The Labute approximate surface area is 153 Å². The average molecular weight is 374 g/mol. The van der Waals surface area contributed by atoms with Gasteiger partial charge in [0.25, 0.3) is 5.91 Å². The number of amides is 1. The van der Waals surface area contributed by atoms with Crippen LogP contribution in [0.5, 0.6) is 0 Å². The van der Waals surface area contributed by atoms with Gasteiger partial charge in [-0.25, -0.2) is 8.78 Å². The summed E-state index contributed by atoms with van der Waals surface area (Å²) < 4.78 is 26.8. The Morgan fingerprint density at radius 3 is 2.54 bits per heavy atom. The molecule has 1 heterocycles. The van der Waals surface area contributed by atoms with E-state index in [1.54, 1.807) is 18.2 Å². The van der Waals surface area contributed by atoms with Crippen LogP contribution in [0, 0.1) is 11.6 Å². The highest BCUT2D eigenvalue weighted by molar-refractivity contribution is 6.30. The smallest absolute Gasteiger partial charge is 0.255 e. The molecular formula is C19H14ClF2N3O. The molecule has 1 aromatic heterocycles. The number of nitrogens with zero attached hydrogens (tertiary/aromatic N) is 1. The Morgan fingerprint density at radius 2 is 1.88 bits per heavy atom. The van der Waals surface area contributed by atoms with Gasteiger partial charge in [0.05, 0.1) is 11.4 Å². The summed E-state index contributed by atoms with van der Waals surface area (Å²) in [6, 6.07) is 9.82. The second kappa shape index (κ2) is 6.53. The molecule has 0 bridgehead atoms. The summed E-state index contributed by atoms with van der Waals surface area (Å²) in [5, 5.41) is 10.6. The molecule has 0 saturated heterocycles. The fourth-order valence-corrected chi connectivity index (χ4v) is 3.06. The minimum atomic E-state index is -0.806. The Morgan fingerprint density at radius 1 is 1.15 bits per heavy atom. The molecule has 1 fully saturated rings. The van der Waals surface area contributed by atoms with Crippen molar-refractivity contribution < 1.29 is 13.6 Å². The third-order valence-electron chi connectivity index (χ3n) is 4.24. The standard InChI is InChI=1S/C19H14ClF2N3O/c20-13-3-1-2-11(6-13)17-18(16(24-25-17)10-4-5-10)23-19(26)12-7-14(21)9-15(22)8-12/h1-3,6-10H,4-5H2,(H,23,26)(H,24,25). The Kier molecular flexibility index (Phi) is 4.20. The summed E-state index contributed by atoms with van der Waals surface area (Å²) in [6.07, 6.45) is 1.99. The molecular weight excluding hydrogens is 360 g/mol. The van der Waals surface area contributed by atoms with Gasteiger partial charge in [-0.2, -0.15) is 5.10 Å². The van der Waals surface area contributed by atoms with Crippen molar-refractivity contribution in [3.8, 4) is 11.3 Å². The van der Waals surface area contributed by atoms with Gasteiger partial charge >= 0.3 is 0 Å². The molecule has 3 aromatic rings. The van der Waals surface area contributed by atoms with E-state index >= 15 is 0 Å². The van der Waals surface area contributed by atoms with Crippen molar-refractivity contribution in [3.05, 3.63) is 70.4 Å². The average Bonchev–Trinajstić information content (AvgIpc) is 3.35. The van der Waals surface area contributed by atoms with E-state index in [1.165, 1.54) is 0 Å². The minimum Gasteiger partial charge on any atom is -0.319 e. The van der Waals surface area contributed by atoms with E-state index in [4.69, 9.17) is 11.6 Å². The zero-order valence-corrected chi connectivity index (χ0v) is 14.3. The predicted octanol–water partition coefficient (Wildman–Crippen LogP) is 5.14. The third-order valence-corrected chi connectivity index (χ3v) is 4.48. The van der Waals surface area contributed by atoms with Crippen LogP contribution in [0.1, 0.15) is 34.8 Å². The van der Waals surface area contributed by atoms with Crippen LogP contribution in [-0.2, 0) is 0 Å². The van der Waals surface area contributed by atoms with Crippen molar-refractivity contribution in [2.75, 3.05) is 5.32 Å². The first-order valence-corrected chi connectivity index (χ1v) is 8.50. The van der Waals surface area contributed by atoms with Crippen LogP contribution in [0.3, 0.4) is 0 Å². The van der Waals surface area contributed by atoms with Crippen molar-refractivity contribution in [1.82, 2.24) is 10.2 Å².